The Balaban J connectivity index is 2.33. The molecule has 7 nitrogen and oxygen atoms in total. The number of carbonyl (C=O) groups excluding carboxylic acids is 2. The van der Waals surface area contributed by atoms with Crippen molar-refractivity contribution in [2.24, 2.45) is 0 Å². The molecule has 0 spiro atoms. The first kappa shape index (κ1) is 20.1. The highest BCUT2D eigenvalue weighted by atomic mass is 19.4. The van der Waals surface area contributed by atoms with Crippen molar-refractivity contribution < 1.29 is 32.2 Å². The predicted molar refractivity (Wildman–Crippen MR) is 84.6 cm³/mol. The first-order valence-corrected chi connectivity index (χ1v) is 8.21. The molecular weight excluding hydrogens is 355 g/mol. The fourth-order valence-corrected chi connectivity index (χ4v) is 2.64. The van der Waals surface area contributed by atoms with Crippen molar-refractivity contribution >= 4 is 12.1 Å². The summed E-state index contributed by atoms with van der Waals surface area (Å²) in [6.07, 6.45) is -4.94. The molecule has 0 atom stereocenters. The topological polar surface area (TPSA) is 73.7 Å². The Hall–Kier alpha value is -2.26. The Morgan fingerprint density at radius 1 is 1.23 bits per heavy atom. The van der Waals surface area contributed by atoms with E-state index in [1.54, 1.807) is 27.7 Å². The van der Waals surface area contributed by atoms with E-state index < -0.39 is 30.4 Å². The molecule has 0 saturated heterocycles. The number of hydrogen-bond acceptors (Lipinski definition) is 5. The van der Waals surface area contributed by atoms with E-state index in [-0.39, 0.29) is 43.1 Å². The molecule has 0 N–H and O–H groups in total. The minimum Gasteiger partial charge on any atom is -0.461 e. The number of alkyl halides is 3. The lowest BCUT2D eigenvalue weighted by molar-refractivity contribution is -0.143. The van der Waals surface area contributed by atoms with Gasteiger partial charge >= 0.3 is 18.2 Å². The molecule has 1 aromatic rings. The number of carbonyl (C=O) groups is 2. The third kappa shape index (κ3) is 4.89. The van der Waals surface area contributed by atoms with Gasteiger partial charge < -0.3 is 14.4 Å². The largest absolute Gasteiger partial charge is 0.461 e. The first-order valence-electron chi connectivity index (χ1n) is 8.21. The third-order valence-corrected chi connectivity index (χ3v) is 3.58. The zero-order chi connectivity index (χ0) is 19.7. The number of esters is 1. The molecule has 1 aliphatic heterocycles. The average molecular weight is 377 g/mol. The second kappa shape index (κ2) is 7.16. The van der Waals surface area contributed by atoms with Crippen molar-refractivity contribution in [1.82, 2.24) is 14.7 Å². The van der Waals surface area contributed by atoms with Crippen molar-refractivity contribution in [1.29, 1.82) is 0 Å². The van der Waals surface area contributed by atoms with Crippen LogP contribution in [0.25, 0.3) is 0 Å². The van der Waals surface area contributed by atoms with Crippen LogP contribution in [0.2, 0.25) is 0 Å². The average Bonchev–Trinajstić information content (AvgIpc) is 2.82. The van der Waals surface area contributed by atoms with Crippen LogP contribution >= 0.6 is 0 Å². The Labute approximate surface area is 149 Å². The minimum atomic E-state index is -4.48. The van der Waals surface area contributed by atoms with Crippen molar-refractivity contribution in [3.8, 4) is 0 Å². The molecule has 2 rings (SSSR count). The first-order chi connectivity index (χ1) is 11.9. The number of aromatic nitrogens is 2. The summed E-state index contributed by atoms with van der Waals surface area (Å²) in [7, 11) is 0. The molecule has 0 unspecified atom stereocenters. The van der Waals surface area contributed by atoms with Crippen LogP contribution in [0.15, 0.2) is 0 Å². The molecule has 0 aliphatic carbocycles. The highest BCUT2D eigenvalue weighted by Gasteiger charge is 2.36. The smallest absolute Gasteiger partial charge is 0.410 e. The molecule has 0 fully saturated rings. The van der Waals surface area contributed by atoms with Gasteiger partial charge in [-0.05, 0) is 27.7 Å². The van der Waals surface area contributed by atoms with Gasteiger partial charge in [0.1, 0.15) is 12.1 Å². The number of rotatable bonds is 3. The van der Waals surface area contributed by atoms with Crippen LogP contribution in [0.4, 0.5) is 18.0 Å². The normalized spacial score (nSPS) is 14.8. The maximum absolute atomic E-state index is 12.8. The van der Waals surface area contributed by atoms with Gasteiger partial charge in [-0.1, -0.05) is 0 Å². The molecule has 1 aliphatic rings. The van der Waals surface area contributed by atoms with Crippen molar-refractivity contribution in [2.45, 2.75) is 59.0 Å². The standard InChI is InChI=1S/C16H22F3N3O4/c1-5-25-13(23)12-10-8-21(14(24)26-15(2,3)4)7-6-11(10)22(20-12)9-16(17,18)19/h5-9H2,1-4H3. The van der Waals surface area contributed by atoms with Crippen LogP contribution in [-0.4, -0.2) is 51.7 Å². The maximum atomic E-state index is 12.8. The summed E-state index contributed by atoms with van der Waals surface area (Å²) in [5.41, 5.74) is -0.351. The van der Waals surface area contributed by atoms with E-state index in [4.69, 9.17) is 9.47 Å². The van der Waals surface area contributed by atoms with Crippen LogP contribution in [0.1, 0.15) is 49.4 Å². The van der Waals surface area contributed by atoms with Gasteiger partial charge in [-0.15, -0.1) is 0 Å². The van der Waals surface area contributed by atoms with Crippen molar-refractivity contribution in [3.05, 3.63) is 17.0 Å². The third-order valence-electron chi connectivity index (χ3n) is 3.58. The number of fused-ring (bicyclic) bond motifs is 1. The highest BCUT2D eigenvalue weighted by Crippen LogP contribution is 2.27. The monoisotopic (exact) mass is 377 g/mol. The molecule has 0 bridgehead atoms. The van der Waals surface area contributed by atoms with Crippen molar-refractivity contribution in [2.75, 3.05) is 13.2 Å². The van der Waals surface area contributed by atoms with Crippen molar-refractivity contribution in [3.63, 3.8) is 0 Å². The Morgan fingerprint density at radius 3 is 2.42 bits per heavy atom. The minimum absolute atomic E-state index is 0.0593. The fraction of sp³-hybridized carbons (Fsp3) is 0.688. The van der Waals surface area contributed by atoms with E-state index in [1.165, 1.54) is 4.90 Å². The number of hydrogen-bond donors (Lipinski definition) is 0. The van der Waals surface area contributed by atoms with Gasteiger partial charge in [-0.25, -0.2) is 9.59 Å². The predicted octanol–water partition coefficient (Wildman–Crippen LogP) is 2.92. The lowest BCUT2D eigenvalue weighted by atomic mass is 10.1. The van der Waals surface area contributed by atoms with E-state index in [0.29, 0.717) is 0 Å². The molecule has 146 valence electrons. The van der Waals surface area contributed by atoms with E-state index in [1.807, 2.05) is 0 Å². The van der Waals surface area contributed by atoms with E-state index in [2.05, 4.69) is 5.10 Å². The zero-order valence-corrected chi connectivity index (χ0v) is 15.1. The van der Waals surface area contributed by atoms with Gasteiger partial charge in [0, 0.05) is 24.2 Å². The second-order valence-corrected chi connectivity index (χ2v) is 6.92. The van der Waals surface area contributed by atoms with Gasteiger partial charge in [0.05, 0.1) is 13.2 Å². The SMILES string of the molecule is CCOC(=O)c1nn(CC(F)(F)F)c2c1CN(C(=O)OC(C)(C)C)CC2. The summed E-state index contributed by atoms with van der Waals surface area (Å²) in [4.78, 5) is 25.7. The molecule has 0 radical (unpaired) electrons. The van der Waals surface area contributed by atoms with E-state index in [0.717, 1.165) is 4.68 Å². The van der Waals surface area contributed by atoms with Gasteiger partial charge in [0.15, 0.2) is 5.69 Å². The Kier molecular flexibility index (Phi) is 5.52. The second-order valence-electron chi connectivity index (χ2n) is 6.92. The molecule has 0 aromatic carbocycles. The summed E-state index contributed by atoms with van der Waals surface area (Å²) >= 11 is 0. The van der Waals surface area contributed by atoms with Gasteiger partial charge in [0.25, 0.3) is 0 Å². The van der Waals surface area contributed by atoms with Crippen LogP contribution in [0.5, 0.6) is 0 Å². The fourth-order valence-electron chi connectivity index (χ4n) is 2.64. The lowest BCUT2D eigenvalue weighted by Crippen LogP contribution is -2.40. The zero-order valence-electron chi connectivity index (χ0n) is 15.1. The summed E-state index contributed by atoms with van der Waals surface area (Å²) in [6.45, 7) is 5.60. The van der Waals surface area contributed by atoms with E-state index in [9.17, 15) is 22.8 Å². The van der Waals surface area contributed by atoms with Crippen LogP contribution in [0, 0.1) is 0 Å². The molecule has 26 heavy (non-hydrogen) atoms. The van der Waals surface area contributed by atoms with Gasteiger partial charge in [-0.2, -0.15) is 18.3 Å². The number of ether oxygens (including phenoxy) is 2. The van der Waals surface area contributed by atoms with Gasteiger partial charge in [-0.3, -0.25) is 4.68 Å². The Bertz CT molecular complexity index is 692. The number of halogens is 3. The quantitative estimate of drug-likeness (QED) is 0.758. The molecular formula is C16H22F3N3O4. The summed E-state index contributed by atoms with van der Waals surface area (Å²) in [6, 6.07) is 0. The molecule has 0 saturated carbocycles. The highest BCUT2D eigenvalue weighted by molar-refractivity contribution is 5.89. The molecule has 1 amide bonds. The van der Waals surface area contributed by atoms with Crippen LogP contribution in [-0.2, 0) is 29.0 Å². The number of nitrogens with zero attached hydrogens (tertiary/aromatic N) is 3. The molecule has 1 aromatic heterocycles. The van der Waals surface area contributed by atoms with Crippen LogP contribution < -0.4 is 0 Å². The summed E-state index contributed by atoms with van der Waals surface area (Å²) in [5.74, 6) is -0.810. The van der Waals surface area contributed by atoms with E-state index >= 15 is 0 Å². The molecule has 2 heterocycles. The molecule has 10 heteroatoms. The maximum Gasteiger partial charge on any atom is 0.410 e. The van der Waals surface area contributed by atoms with Crippen LogP contribution in [0.3, 0.4) is 0 Å². The Morgan fingerprint density at radius 2 is 1.88 bits per heavy atom. The lowest BCUT2D eigenvalue weighted by Gasteiger charge is -2.30. The summed E-state index contributed by atoms with van der Waals surface area (Å²) in [5, 5.41) is 3.81. The summed E-state index contributed by atoms with van der Waals surface area (Å²) < 4.78 is 49.3. The number of amides is 1. The van der Waals surface area contributed by atoms with Gasteiger partial charge in [0.2, 0.25) is 0 Å².